The summed E-state index contributed by atoms with van der Waals surface area (Å²) < 4.78 is 5.91. The van der Waals surface area contributed by atoms with Crippen LogP contribution in [0.5, 0.6) is 0 Å². The molecule has 24 heavy (non-hydrogen) atoms. The van der Waals surface area contributed by atoms with Crippen molar-refractivity contribution < 1.29 is 14.3 Å². The predicted molar refractivity (Wildman–Crippen MR) is 90.0 cm³/mol. The molecule has 5 heteroatoms. The summed E-state index contributed by atoms with van der Waals surface area (Å²) in [6.07, 6.45) is 6.13. The van der Waals surface area contributed by atoms with E-state index in [1.165, 1.54) is 30.6 Å². The van der Waals surface area contributed by atoms with Gasteiger partial charge in [-0.05, 0) is 31.4 Å². The van der Waals surface area contributed by atoms with Crippen LogP contribution in [-0.2, 0) is 4.74 Å². The highest BCUT2D eigenvalue weighted by Crippen LogP contribution is 2.28. The number of nitrogens with zero attached hydrogens (tertiary/aromatic N) is 2. The molecule has 3 aliphatic rings. The van der Waals surface area contributed by atoms with Gasteiger partial charge in [0.05, 0.1) is 23.8 Å². The molecule has 0 aromatic heterocycles. The van der Waals surface area contributed by atoms with Gasteiger partial charge < -0.3 is 4.74 Å². The van der Waals surface area contributed by atoms with Gasteiger partial charge in [-0.15, -0.1) is 0 Å². The van der Waals surface area contributed by atoms with Crippen molar-refractivity contribution in [1.29, 1.82) is 0 Å². The molecule has 4 rings (SSSR count). The van der Waals surface area contributed by atoms with Crippen LogP contribution >= 0.6 is 0 Å². The van der Waals surface area contributed by atoms with Crippen molar-refractivity contribution in [3.63, 3.8) is 0 Å². The Morgan fingerprint density at radius 3 is 2.46 bits per heavy atom. The van der Waals surface area contributed by atoms with Gasteiger partial charge in [0.25, 0.3) is 11.8 Å². The predicted octanol–water partition coefficient (Wildman–Crippen LogP) is 2.32. The minimum atomic E-state index is -0.145. The zero-order chi connectivity index (χ0) is 16.5. The number of hydrogen-bond donors (Lipinski definition) is 0. The number of amides is 2. The third-order valence-corrected chi connectivity index (χ3v) is 5.55. The van der Waals surface area contributed by atoms with Crippen LogP contribution in [0.15, 0.2) is 24.3 Å². The van der Waals surface area contributed by atoms with Crippen molar-refractivity contribution in [3.8, 4) is 0 Å². The number of fused-ring (bicyclic) bond motifs is 2. The lowest BCUT2D eigenvalue weighted by molar-refractivity contribution is -0.0883. The number of morpholine rings is 1. The number of imide groups is 1. The number of carbonyl (C=O) groups is 2. The number of ether oxygens (including phenoxy) is 1. The van der Waals surface area contributed by atoms with Crippen LogP contribution < -0.4 is 0 Å². The lowest BCUT2D eigenvalue weighted by Crippen LogP contribution is -2.53. The minimum Gasteiger partial charge on any atom is -0.375 e. The minimum absolute atomic E-state index is 0.145. The van der Waals surface area contributed by atoms with Crippen LogP contribution in [0.1, 0.15) is 52.8 Å². The summed E-state index contributed by atoms with van der Waals surface area (Å²) in [7, 11) is 0. The number of carbonyl (C=O) groups excluding carboxylic acids is 2. The smallest absolute Gasteiger partial charge is 0.261 e. The number of benzene rings is 1. The SMILES string of the molecule is O=C1c2ccccc2C(=O)N1CCCN1CCO[C@@H]2CCCC[C@H]21. The van der Waals surface area contributed by atoms with E-state index < -0.39 is 0 Å². The van der Waals surface area contributed by atoms with Gasteiger partial charge in [0, 0.05) is 25.7 Å². The Bertz CT molecular complexity index is 608. The molecule has 1 aliphatic carbocycles. The topological polar surface area (TPSA) is 49.9 Å². The standard InChI is InChI=1S/C19H24N2O3/c22-18-14-6-1-2-7-15(14)19(23)21(18)11-5-10-20-12-13-24-17-9-4-3-8-16(17)20/h1-2,6-7,16-17H,3-5,8-13H2/t16-,17-/m1/s1. The van der Waals surface area contributed by atoms with Crippen molar-refractivity contribution in [2.24, 2.45) is 0 Å². The first-order valence-corrected chi connectivity index (χ1v) is 9.06. The Labute approximate surface area is 142 Å². The molecule has 0 unspecified atom stereocenters. The largest absolute Gasteiger partial charge is 0.375 e. The van der Waals surface area contributed by atoms with Crippen LogP contribution in [0.2, 0.25) is 0 Å². The van der Waals surface area contributed by atoms with Gasteiger partial charge in [-0.2, -0.15) is 0 Å². The van der Waals surface area contributed by atoms with Gasteiger partial charge in [-0.1, -0.05) is 25.0 Å². The highest BCUT2D eigenvalue weighted by atomic mass is 16.5. The zero-order valence-electron chi connectivity index (χ0n) is 13.9. The summed E-state index contributed by atoms with van der Waals surface area (Å²) >= 11 is 0. The second-order valence-corrected chi connectivity index (χ2v) is 6.96. The van der Waals surface area contributed by atoms with E-state index in [4.69, 9.17) is 4.74 Å². The first-order valence-electron chi connectivity index (χ1n) is 9.06. The van der Waals surface area contributed by atoms with Crippen molar-refractivity contribution >= 4 is 11.8 Å². The summed E-state index contributed by atoms with van der Waals surface area (Å²) in [5, 5.41) is 0. The normalized spacial score (nSPS) is 27.2. The maximum atomic E-state index is 12.4. The Morgan fingerprint density at radius 1 is 1.00 bits per heavy atom. The van der Waals surface area contributed by atoms with Gasteiger partial charge in [0.2, 0.25) is 0 Å². The molecule has 1 aromatic carbocycles. The quantitative estimate of drug-likeness (QED) is 0.796. The Kier molecular flexibility index (Phi) is 4.37. The highest BCUT2D eigenvalue weighted by molar-refractivity contribution is 6.21. The lowest BCUT2D eigenvalue weighted by atomic mass is 9.90. The van der Waals surface area contributed by atoms with E-state index in [1.54, 1.807) is 12.1 Å². The summed E-state index contributed by atoms with van der Waals surface area (Å²) in [6.45, 7) is 3.19. The monoisotopic (exact) mass is 328 g/mol. The molecule has 2 amide bonds. The fourth-order valence-electron chi connectivity index (χ4n) is 4.33. The first kappa shape index (κ1) is 15.8. The number of rotatable bonds is 4. The third kappa shape index (κ3) is 2.76. The summed E-state index contributed by atoms with van der Waals surface area (Å²) in [5.41, 5.74) is 1.09. The Morgan fingerprint density at radius 2 is 1.71 bits per heavy atom. The molecule has 1 saturated carbocycles. The highest BCUT2D eigenvalue weighted by Gasteiger charge is 2.36. The molecule has 0 bridgehead atoms. The van der Waals surface area contributed by atoms with Crippen molar-refractivity contribution in [1.82, 2.24) is 9.80 Å². The third-order valence-electron chi connectivity index (χ3n) is 5.55. The van der Waals surface area contributed by atoms with Crippen molar-refractivity contribution in [3.05, 3.63) is 35.4 Å². The molecular formula is C19H24N2O3. The van der Waals surface area contributed by atoms with E-state index >= 15 is 0 Å². The Hall–Kier alpha value is -1.72. The van der Waals surface area contributed by atoms with E-state index in [1.807, 2.05) is 12.1 Å². The van der Waals surface area contributed by atoms with Crippen molar-refractivity contribution in [2.45, 2.75) is 44.2 Å². The molecule has 2 aliphatic heterocycles. The molecule has 1 saturated heterocycles. The maximum Gasteiger partial charge on any atom is 0.261 e. The molecule has 2 atom stereocenters. The fourth-order valence-corrected chi connectivity index (χ4v) is 4.33. The van der Waals surface area contributed by atoms with Crippen LogP contribution in [0.25, 0.3) is 0 Å². The second kappa shape index (κ2) is 6.65. The van der Waals surface area contributed by atoms with Crippen LogP contribution in [0.4, 0.5) is 0 Å². The fraction of sp³-hybridized carbons (Fsp3) is 0.579. The van der Waals surface area contributed by atoms with Crippen LogP contribution in [0, 0.1) is 0 Å². The molecule has 1 aromatic rings. The molecule has 128 valence electrons. The number of hydrogen-bond acceptors (Lipinski definition) is 4. The first-order chi connectivity index (χ1) is 11.8. The molecule has 2 fully saturated rings. The van der Waals surface area contributed by atoms with Gasteiger partial charge in [-0.25, -0.2) is 0 Å². The zero-order valence-corrected chi connectivity index (χ0v) is 13.9. The van der Waals surface area contributed by atoms with E-state index in [0.29, 0.717) is 29.8 Å². The van der Waals surface area contributed by atoms with Crippen molar-refractivity contribution in [2.75, 3.05) is 26.2 Å². The summed E-state index contributed by atoms with van der Waals surface area (Å²) in [4.78, 5) is 28.7. The van der Waals surface area contributed by atoms with Gasteiger partial charge >= 0.3 is 0 Å². The Balaban J connectivity index is 1.35. The van der Waals surface area contributed by atoms with Crippen LogP contribution in [-0.4, -0.2) is 60.0 Å². The molecule has 2 heterocycles. The van der Waals surface area contributed by atoms with E-state index in [-0.39, 0.29) is 11.8 Å². The molecule has 0 N–H and O–H groups in total. The lowest BCUT2D eigenvalue weighted by Gasteiger charge is -2.44. The van der Waals surface area contributed by atoms with E-state index in [9.17, 15) is 9.59 Å². The molecule has 5 nitrogen and oxygen atoms in total. The summed E-state index contributed by atoms with van der Waals surface area (Å²) in [5.74, 6) is -0.291. The summed E-state index contributed by atoms with van der Waals surface area (Å²) in [6, 6.07) is 7.62. The second-order valence-electron chi connectivity index (χ2n) is 6.96. The van der Waals surface area contributed by atoms with E-state index in [0.717, 1.165) is 26.1 Å². The van der Waals surface area contributed by atoms with Gasteiger partial charge in [-0.3, -0.25) is 19.4 Å². The van der Waals surface area contributed by atoms with Gasteiger partial charge in [0.1, 0.15) is 0 Å². The molecule has 0 spiro atoms. The maximum absolute atomic E-state index is 12.4. The van der Waals surface area contributed by atoms with E-state index in [2.05, 4.69) is 4.90 Å². The average Bonchev–Trinajstić information content (AvgIpc) is 2.87. The average molecular weight is 328 g/mol. The molecular weight excluding hydrogens is 304 g/mol. The van der Waals surface area contributed by atoms with Gasteiger partial charge in [0.15, 0.2) is 0 Å². The molecule has 0 radical (unpaired) electrons. The van der Waals surface area contributed by atoms with Crippen LogP contribution in [0.3, 0.4) is 0 Å².